The maximum Gasteiger partial charge on any atom is 0.309 e. The molecule has 0 saturated heterocycles. The number of nitrogens with zero attached hydrogens (tertiary/aromatic N) is 4. The molecule has 2 heterocycles. The minimum absolute atomic E-state index is 0.0335. The summed E-state index contributed by atoms with van der Waals surface area (Å²) >= 11 is 0. The number of aliphatic carboxylic acids is 1. The molecule has 0 amide bonds. The lowest BCUT2D eigenvalue weighted by Gasteiger charge is -1.98. The van der Waals surface area contributed by atoms with Crippen molar-refractivity contribution in [3.63, 3.8) is 0 Å². The summed E-state index contributed by atoms with van der Waals surface area (Å²) in [5.41, 5.74) is 6.30. The number of nitrogen functional groups attached to an aromatic ring is 1. The monoisotopic (exact) mass is 246 g/mol. The summed E-state index contributed by atoms with van der Waals surface area (Å²) in [6, 6.07) is 3.37. The fraction of sp³-hybridized carbons (Fsp3) is 0.182. The topological polar surface area (TPSA) is 106 Å². The molecule has 7 heteroatoms. The molecule has 7 nitrogen and oxygen atoms in total. The first kappa shape index (κ1) is 11.9. The number of rotatable bonds is 4. The van der Waals surface area contributed by atoms with Gasteiger partial charge in [-0.05, 0) is 11.2 Å². The van der Waals surface area contributed by atoms with Crippen LogP contribution in [-0.2, 0) is 11.3 Å². The van der Waals surface area contributed by atoms with Gasteiger partial charge in [0.1, 0.15) is 18.4 Å². The van der Waals surface area contributed by atoms with E-state index in [4.69, 9.17) is 10.8 Å². The first-order chi connectivity index (χ1) is 8.65. The van der Waals surface area contributed by atoms with Gasteiger partial charge in [-0.3, -0.25) is 4.79 Å². The fourth-order valence-corrected chi connectivity index (χ4v) is 1.37. The van der Waals surface area contributed by atoms with Gasteiger partial charge in [0.2, 0.25) is 0 Å². The Kier molecular flexibility index (Phi) is 3.42. The van der Waals surface area contributed by atoms with Crippen molar-refractivity contribution in [3.8, 4) is 11.4 Å². The summed E-state index contributed by atoms with van der Waals surface area (Å²) in [6.45, 7) is 0.327. The van der Waals surface area contributed by atoms with Gasteiger partial charge in [0.25, 0.3) is 0 Å². The van der Waals surface area contributed by atoms with E-state index in [1.807, 2.05) is 0 Å². The Bertz CT molecular complexity index is 556. The first-order valence-electron chi connectivity index (χ1n) is 5.31. The molecule has 2 aromatic heterocycles. The lowest BCUT2D eigenvalue weighted by molar-refractivity contribution is -0.752. The molecule has 0 bridgehead atoms. The van der Waals surface area contributed by atoms with Gasteiger partial charge >= 0.3 is 5.97 Å². The van der Waals surface area contributed by atoms with E-state index < -0.39 is 5.97 Å². The molecule has 92 valence electrons. The Balaban J connectivity index is 2.14. The predicted octanol–water partition coefficient (Wildman–Crippen LogP) is -0.117. The Labute approximate surface area is 103 Å². The molecule has 18 heavy (non-hydrogen) atoms. The van der Waals surface area contributed by atoms with Crippen molar-refractivity contribution < 1.29 is 14.6 Å². The highest BCUT2D eigenvalue weighted by Gasteiger charge is 2.08. The Morgan fingerprint density at radius 2 is 2.28 bits per heavy atom. The minimum atomic E-state index is -0.854. The van der Waals surface area contributed by atoms with Crippen LogP contribution in [-0.4, -0.2) is 26.1 Å². The second kappa shape index (κ2) is 5.17. The molecule has 0 aliphatic rings. The molecule has 2 aromatic rings. The van der Waals surface area contributed by atoms with Crippen LogP contribution in [0.5, 0.6) is 0 Å². The zero-order chi connectivity index (χ0) is 13.0. The number of hydrogen-bond donors (Lipinski definition) is 2. The number of nitrogens with two attached hydrogens (primary N) is 1. The molecule has 2 rings (SSSR count). The zero-order valence-electron chi connectivity index (χ0n) is 9.52. The molecule has 0 aromatic carbocycles. The summed E-state index contributed by atoms with van der Waals surface area (Å²) in [5, 5.41) is 12.7. The van der Waals surface area contributed by atoms with Crippen molar-refractivity contribution in [3.05, 3.63) is 30.7 Å². The van der Waals surface area contributed by atoms with Crippen molar-refractivity contribution in [1.29, 1.82) is 0 Å². The Morgan fingerprint density at radius 1 is 1.44 bits per heavy atom. The average molecular weight is 246 g/mol. The van der Waals surface area contributed by atoms with Gasteiger partial charge in [0, 0.05) is 17.8 Å². The maximum absolute atomic E-state index is 10.4. The largest absolute Gasteiger partial charge is 0.481 e. The lowest BCUT2D eigenvalue weighted by atomic mass is 10.3. The van der Waals surface area contributed by atoms with Gasteiger partial charge in [-0.2, -0.15) is 0 Å². The summed E-state index contributed by atoms with van der Waals surface area (Å²) in [5.74, 6) is 0.0306. The van der Waals surface area contributed by atoms with E-state index in [1.165, 1.54) is 0 Å². The summed E-state index contributed by atoms with van der Waals surface area (Å²) in [4.78, 5) is 18.6. The van der Waals surface area contributed by atoms with Gasteiger partial charge < -0.3 is 10.8 Å². The molecule has 0 atom stereocenters. The van der Waals surface area contributed by atoms with Crippen molar-refractivity contribution in [2.45, 2.75) is 13.0 Å². The fourth-order valence-electron chi connectivity index (χ4n) is 1.37. The molecule has 0 aliphatic carbocycles. The highest BCUT2D eigenvalue weighted by Crippen LogP contribution is 2.11. The van der Waals surface area contributed by atoms with Gasteiger partial charge in [0.05, 0.1) is 0 Å². The number of carbonyl (C=O) groups is 1. The van der Waals surface area contributed by atoms with E-state index in [0.717, 1.165) is 5.56 Å². The summed E-state index contributed by atoms with van der Waals surface area (Å²) in [6.07, 6.45) is 4.87. The van der Waals surface area contributed by atoms with E-state index in [2.05, 4.69) is 15.1 Å². The van der Waals surface area contributed by atoms with Crippen LogP contribution in [0.3, 0.4) is 0 Å². The van der Waals surface area contributed by atoms with E-state index >= 15 is 0 Å². The quantitative estimate of drug-likeness (QED) is 0.729. The molecule has 0 unspecified atom stereocenters. The molecule has 0 fully saturated rings. The number of aromatic nitrogens is 4. The highest BCUT2D eigenvalue weighted by atomic mass is 16.4. The minimum Gasteiger partial charge on any atom is -0.481 e. The van der Waals surface area contributed by atoms with E-state index in [-0.39, 0.29) is 6.42 Å². The Hall–Kier alpha value is -2.57. The molecular weight excluding hydrogens is 234 g/mol. The SMILES string of the molecule is Nc1ccnc(-c2cc[n+](CCC(=O)O)nc2)n1. The van der Waals surface area contributed by atoms with Gasteiger partial charge in [0.15, 0.2) is 18.6 Å². The first-order valence-corrected chi connectivity index (χ1v) is 5.31. The molecule has 0 radical (unpaired) electrons. The van der Waals surface area contributed by atoms with Crippen LogP contribution in [0, 0.1) is 0 Å². The van der Waals surface area contributed by atoms with Crippen molar-refractivity contribution >= 4 is 11.8 Å². The number of carboxylic acid groups (broad SMARTS) is 1. The number of hydrogen-bond acceptors (Lipinski definition) is 5. The van der Waals surface area contributed by atoms with E-state index in [9.17, 15) is 4.79 Å². The van der Waals surface area contributed by atoms with Crippen LogP contribution in [0.25, 0.3) is 11.4 Å². The molecular formula is C11H12N5O2+. The van der Waals surface area contributed by atoms with Gasteiger partial charge in [-0.1, -0.05) is 4.68 Å². The number of anilines is 1. The highest BCUT2D eigenvalue weighted by molar-refractivity contribution is 5.66. The lowest BCUT2D eigenvalue weighted by Crippen LogP contribution is -2.38. The smallest absolute Gasteiger partial charge is 0.309 e. The normalized spacial score (nSPS) is 10.2. The molecule has 0 saturated carbocycles. The van der Waals surface area contributed by atoms with E-state index in [1.54, 1.807) is 35.4 Å². The van der Waals surface area contributed by atoms with Gasteiger partial charge in [-0.15, -0.1) is 0 Å². The summed E-state index contributed by atoms with van der Waals surface area (Å²) in [7, 11) is 0. The average Bonchev–Trinajstić information content (AvgIpc) is 2.37. The van der Waals surface area contributed by atoms with Crippen LogP contribution in [0.2, 0.25) is 0 Å². The van der Waals surface area contributed by atoms with Crippen molar-refractivity contribution in [2.75, 3.05) is 5.73 Å². The standard InChI is InChI=1S/C11H11N5O2/c12-9-1-4-13-11(15-9)8-2-5-16(14-7-8)6-3-10(17)18/h1-2,4-5,7H,3,6H2,(H2-,12,13,15,17,18)/p+1. The number of carboxylic acids is 1. The maximum atomic E-state index is 10.4. The second-order valence-corrected chi connectivity index (χ2v) is 3.63. The summed E-state index contributed by atoms with van der Waals surface area (Å²) < 4.78 is 1.55. The van der Waals surface area contributed by atoms with E-state index in [0.29, 0.717) is 18.2 Å². The molecule has 0 spiro atoms. The van der Waals surface area contributed by atoms with Crippen LogP contribution < -0.4 is 10.4 Å². The number of aryl methyl sites for hydroxylation is 1. The van der Waals surface area contributed by atoms with Crippen LogP contribution in [0.15, 0.2) is 30.7 Å². The third-order valence-corrected chi connectivity index (χ3v) is 2.26. The second-order valence-electron chi connectivity index (χ2n) is 3.63. The third-order valence-electron chi connectivity index (χ3n) is 2.26. The van der Waals surface area contributed by atoms with Gasteiger partial charge in [-0.25, -0.2) is 9.97 Å². The van der Waals surface area contributed by atoms with Crippen LogP contribution >= 0.6 is 0 Å². The zero-order valence-corrected chi connectivity index (χ0v) is 9.52. The van der Waals surface area contributed by atoms with Crippen LogP contribution in [0.1, 0.15) is 6.42 Å². The van der Waals surface area contributed by atoms with Crippen molar-refractivity contribution in [2.24, 2.45) is 0 Å². The Morgan fingerprint density at radius 3 is 2.89 bits per heavy atom. The van der Waals surface area contributed by atoms with Crippen LogP contribution in [0.4, 0.5) is 5.82 Å². The van der Waals surface area contributed by atoms with Crippen molar-refractivity contribution in [1.82, 2.24) is 15.1 Å². The predicted molar refractivity (Wildman–Crippen MR) is 62.1 cm³/mol. The molecule has 3 N–H and O–H groups in total. The third kappa shape index (κ3) is 2.97. The molecule has 0 aliphatic heterocycles.